The highest BCUT2D eigenvalue weighted by Crippen LogP contribution is 2.30. The van der Waals surface area contributed by atoms with E-state index in [-0.39, 0.29) is 6.03 Å². The van der Waals surface area contributed by atoms with Gasteiger partial charge in [0, 0.05) is 48.7 Å². The Morgan fingerprint density at radius 1 is 1.21 bits per heavy atom. The molecule has 1 N–H and O–H groups in total. The van der Waals surface area contributed by atoms with Crippen molar-refractivity contribution in [2.75, 3.05) is 18.4 Å². The Hall–Kier alpha value is -3.08. The Morgan fingerprint density at radius 2 is 2.04 bits per heavy atom. The Bertz CT molecular complexity index is 1020. The van der Waals surface area contributed by atoms with Crippen LogP contribution in [0.25, 0.3) is 16.6 Å². The number of nitrogens with zero attached hydrogens (tertiary/aromatic N) is 3. The van der Waals surface area contributed by atoms with Crippen molar-refractivity contribution in [3.63, 3.8) is 0 Å². The van der Waals surface area contributed by atoms with Crippen LogP contribution in [-0.4, -0.2) is 33.6 Å². The van der Waals surface area contributed by atoms with Gasteiger partial charge in [-0.1, -0.05) is 30.7 Å². The summed E-state index contributed by atoms with van der Waals surface area (Å²) in [6, 6.07) is 12.0. The summed E-state index contributed by atoms with van der Waals surface area (Å²) >= 11 is 0. The zero-order valence-corrected chi connectivity index (χ0v) is 16.5. The van der Waals surface area contributed by atoms with Crippen molar-refractivity contribution in [2.45, 2.75) is 33.2 Å². The van der Waals surface area contributed by atoms with Gasteiger partial charge in [-0.3, -0.25) is 0 Å². The minimum atomic E-state index is -0.0470. The SMILES string of the molecule is CCCn1cc(C2=CCN(C(=O)Nc3ccc(C)cc3)CC2)c2cccnc21. The highest BCUT2D eigenvalue weighted by Gasteiger charge is 2.20. The highest BCUT2D eigenvalue weighted by molar-refractivity contribution is 5.93. The molecule has 1 aliphatic heterocycles. The Labute approximate surface area is 165 Å². The molecule has 28 heavy (non-hydrogen) atoms. The van der Waals surface area contributed by atoms with Crippen LogP contribution in [0.2, 0.25) is 0 Å². The number of amides is 2. The molecule has 3 heterocycles. The molecule has 0 spiro atoms. The molecular weight excluding hydrogens is 348 g/mol. The van der Waals surface area contributed by atoms with E-state index in [2.05, 4.69) is 40.1 Å². The van der Waals surface area contributed by atoms with Gasteiger partial charge in [0.1, 0.15) is 5.65 Å². The molecule has 3 aromatic rings. The third-order valence-corrected chi connectivity index (χ3v) is 5.24. The summed E-state index contributed by atoms with van der Waals surface area (Å²) in [5.74, 6) is 0. The molecule has 2 amide bonds. The number of rotatable bonds is 4. The zero-order valence-electron chi connectivity index (χ0n) is 16.5. The standard InChI is InChI=1S/C23H26N4O/c1-3-13-27-16-21(20-5-4-12-24-22(20)27)18-10-14-26(15-11-18)23(28)25-19-8-6-17(2)7-9-19/h4-10,12,16H,3,11,13-15H2,1-2H3,(H,25,28). The van der Waals surface area contributed by atoms with Crippen LogP contribution in [0.4, 0.5) is 10.5 Å². The number of urea groups is 1. The van der Waals surface area contributed by atoms with E-state index in [0.29, 0.717) is 13.1 Å². The molecule has 0 unspecified atom stereocenters. The number of benzene rings is 1. The summed E-state index contributed by atoms with van der Waals surface area (Å²) in [7, 11) is 0. The smallest absolute Gasteiger partial charge is 0.322 e. The second-order valence-corrected chi connectivity index (χ2v) is 7.33. The molecule has 0 saturated carbocycles. The fraction of sp³-hybridized carbons (Fsp3) is 0.304. The Kier molecular flexibility index (Phi) is 5.15. The molecule has 0 fully saturated rings. The molecule has 144 valence electrons. The van der Waals surface area contributed by atoms with Crippen LogP contribution in [-0.2, 0) is 6.54 Å². The summed E-state index contributed by atoms with van der Waals surface area (Å²) in [5.41, 5.74) is 5.60. The number of carbonyl (C=O) groups excluding carboxylic acids is 1. The molecule has 5 nitrogen and oxygen atoms in total. The first-order valence-corrected chi connectivity index (χ1v) is 9.91. The normalized spacial score (nSPS) is 14.2. The van der Waals surface area contributed by atoms with E-state index in [1.54, 1.807) is 0 Å². The van der Waals surface area contributed by atoms with E-state index < -0.39 is 0 Å². The molecule has 0 radical (unpaired) electrons. The molecule has 0 bridgehead atoms. The monoisotopic (exact) mass is 374 g/mol. The van der Waals surface area contributed by atoms with E-state index in [4.69, 9.17) is 0 Å². The van der Waals surface area contributed by atoms with E-state index >= 15 is 0 Å². The van der Waals surface area contributed by atoms with Crippen molar-refractivity contribution in [3.05, 3.63) is 66.0 Å². The number of pyridine rings is 1. The Morgan fingerprint density at radius 3 is 2.75 bits per heavy atom. The second kappa shape index (κ2) is 7.89. The lowest BCUT2D eigenvalue weighted by atomic mass is 10.00. The quantitative estimate of drug-likeness (QED) is 0.693. The summed E-state index contributed by atoms with van der Waals surface area (Å²) in [6.07, 6.45) is 8.17. The maximum Gasteiger partial charge on any atom is 0.322 e. The topological polar surface area (TPSA) is 50.2 Å². The van der Waals surface area contributed by atoms with Crippen LogP contribution < -0.4 is 5.32 Å². The van der Waals surface area contributed by atoms with Crippen LogP contribution >= 0.6 is 0 Å². The first-order chi connectivity index (χ1) is 13.7. The molecule has 4 rings (SSSR count). The predicted molar refractivity (Wildman–Crippen MR) is 114 cm³/mol. The van der Waals surface area contributed by atoms with Crippen molar-refractivity contribution >= 4 is 28.3 Å². The molecule has 0 saturated heterocycles. The van der Waals surface area contributed by atoms with Crippen molar-refractivity contribution in [2.24, 2.45) is 0 Å². The van der Waals surface area contributed by atoms with Crippen LogP contribution in [0.1, 0.15) is 30.9 Å². The maximum absolute atomic E-state index is 12.6. The van der Waals surface area contributed by atoms with Gasteiger partial charge in [-0.05, 0) is 49.6 Å². The van der Waals surface area contributed by atoms with Crippen molar-refractivity contribution in [1.29, 1.82) is 0 Å². The van der Waals surface area contributed by atoms with Crippen LogP contribution in [0.3, 0.4) is 0 Å². The van der Waals surface area contributed by atoms with Gasteiger partial charge in [-0.25, -0.2) is 9.78 Å². The van der Waals surface area contributed by atoms with Crippen molar-refractivity contribution in [1.82, 2.24) is 14.5 Å². The minimum Gasteiger partial charge on any atom is -0.332 e. The van der Waals surface area contributed by atoms with Gasteiger partial charge in [0.05, 0.1) is 0 Å². The number of fused-ring (bicyclic) bond motifs is 1. The number of hydrogen-bond donors (Lipinski definition) is 1. The number of hydrogen-bond acceptors (Lipinski definition) is 2. The fourth-order valence-corrected chi connectivity index (χ4v) is 3.73. The molecule has 0 atom stereocenters. The van der Waals surface area contributed by atoms with E-state index in [1.165, 1.54) is 22.1 Å². The lowest BCUT2D eigenvalue weighted by molar-refractivity contribution is 0.217. The van der Waals surface area contributed by atoms with Gasteiger partial charge in [0.2, 0.25) is 0 Å². The molecule has 0 aliphatic carbocycles. The van der Waals surface area contributed by atoms with Gasteiger partial charge < -0.3 is 14.8 Å². The largest absolute Gasteiger partial charge is 0.332 e. The summed E-state index contributed by atoms with van der Waals surface area (Å²) in [5, 5.41) is 4.18. The average molecular weight is 374 g/mol. The zero-order chi connectivity index (χ0) is 19.5. The molecule has 5 heteroatoms. The predicted octanol–water partition coefficient (Wildman–Crippen LogP) is 5.08. The van der Waals surface area contributed by atoms with Gasteiger partial charge in [0.15, 0.2) is 0 Å². The van der Waals surface area contributed by atoms with Crippen LogP contribution in [0, 0.1) is 6.92 Å². The molecule has 1 aromatic carbocycles. The van der Waals surface area contributed by atoms with E-state index in [9.17, 15) is 4.79 Å². The van der Waals surface area contributed by atoms with Gasteiger partial charge in [-0.15, -0.1) is 0 Å². The van der Waals surface area contributed by atoms with E-state index in [0.717, 1.165) is 30.7 Å². The summed E-state index contributed by atoms with van der Waals surface area (Å²) < 4.78 is 2.24. The number of anilines is 1. The van der Waals surface area contributed by atoms with Gasteiger partial charge in [-0.2, -0.15) is 0 Å². The first-order valence-electron chi connectivity index (χ1n) is 9.91. The van der Waals surface area contributed by atoms with Crippen LogP contribution in [0.5, 0.6) is 0 Å². The Balaban J connectivity index is 1.50. The maximum atomic E-state index is 12.6. The lowest BCUT2D eigenvalue weighted by Gasteiger charge is -2.26. The molecule has 1 aliphatic rings. The highest BCUT2D eigenvalue weighted by atomic mass is 16.2. The van der Waals surface area contributed by atoms with E-state index in [1.807, 2.05) is 48.4 Å². The van der Waals surface area contributed by atoms with Crippen molar-refractivity contribution < 1.29 is 4.79 Å². The average Bonchev–Trinajstić information content (AvgIpc) is 3.09. The lowest BCUT2D eigenvalue weighted by Crippen LogP contribution is -2.37. The van der Waals surface area contributed by atoms with Crippen LogP contribution in [0.15, 0.2) is 54.9 Å². The number of carbonyl (C=O) groups is 1. The third-order valence-electron chi connectivity index (χ3n) is 5.24. The van der Waals surface area contributed by atoms with Gasteiger partial charge in [0.25, 0.3) is 0 Å². The summed E-state index contributed by atoms with van der Waals surface area (Å²) in [6.45, 7) is 6.51. The fourth-order valence-electron chi connectivity index (χ4n) is 3.73. The summed E-state index contributed by atoms with van der Waals surface area (Å²) in [4.78, 5) is 19.0. The second-order valence-electron chi connectivity index (χ2n) is 7.33. The van der Waals surface area contributed by atoms with Gasteiger partial charge >= 0.3 is 6.03 Å². The molecule has 2 aromatic heterocycles. The molecular formula is C23H26N4O. The van der Waals surface area contributed by atoms with Crippen molar-refractivity contribution in [3.8, 4) is 0 Å². The number of aryl methyl sites for hydroxylation is 2. The first kappa shape index (κ1) is 18.3. The number of aromatic nitrogens is 2. The number of nitrogens with one attached hydrogen (secondary N) is 1. The minimum absolute atomic E-state index is 0.0470. The third kappa shape index (κ3) is 3.65.